The SMILES string of the molecule is N#CC(CC(P(=O)(O)O)P(=O)(O)O)c1ccc2ccccc2c1. The maximum atomic E-state index is 11.4. The van der Waals surface area contributed by atoms with Crippen LogP contribution in [0.2, 0.25) is 0 Å². The monoisotopic (exact) mass is 355 g/mol. The molecule has 9 heteroatoms. The molecule has 0 saturated heterocycles. The van der Waals surface area contributed by atoms with Gasteiger partial charge in [0.1, 0.15) is 0 Å². The molecule has 0 heterocycles. The standard InChI is InChI=1S/C14H15NO6P2/c15-9-13(8-14(22(16,17)18)23(19,20)21)12-6-5-10-3-1-2-4-11(10)7-12/h1-7,13-14H,8H2,(H2,16,17,18)(H2,19,20,21). The zero-order valence-electron chi connectivity index (χ0n) is 11.9. The van der Waals surface area contributed by atoms with E-state index in [2.05, 4.69) is 0 Å². The lowest BCUT2D eigenvalue weighted by molar-refractivity contribution is 0.334. The topological polar surface area (TPSA) is 139 Å². The van der Waals surface area contributed by atoms with Crippen LogP contribution in [0, 0.1) is 11.3 Å². The Kier molecular flexibility index (Phi) is 5.07. The lowest BCUT2D eigenvalue weighted by Gasteiger charge is -2.22. The Bertz CT molecular complexity index is 828. The molecule has 0 aromatic heterocycles. The van der Waals surface area contributed by atoms with Crippen LogP contribution < -0.4 is 0 Å². The lowest BCUT2D eigenvalue weighted by Crippen LogP contribution is -2.13. The van der Waals surface area contributed by atoms with Crippen LogP contribution in [0.3, 0.4) is 0 Å². The maximum Gasteiger partial charge on any atom is 0.340 e. The second kappa shape index (κ2) is 6.54. The van der Waals surface area contributed by atoms with Gasteiger partial charge in [0.05, 0.1) is 12.0 Å². The molecular formula is C14H15NO6P2. The summed E-state index contributed by atoms with van der Waals surface area (Å²) in [7, 11) is -10.1. The van der Waals surface area contributed by atoms with Crippen molar-refractivity contribution in [3.63, 3.8) is 0 Å². The van der Waals surface area contributed by atoms with E-state index in [1.54, 1.807) is 18.2 Å². The highest BCUT2D eigenvalue weighted by atomic mass is 31.2. The van der Waals surface area contributed by atoms with Crippen LogP contribution in [0.1, 0.15) is 17.9 Å². The number of nitriles is 1. The van der Waals surface area contributed by atoms with Crippen molar-refractivity contribution >= 4 is 26.0 Å². The van der Waals surface area contributed by atoms with Crippen LogP contribution >= 0.6 is 15.2 Å². The van der Waals surface area contributed by atoms with Gasteiger partial charge in [0.15, 0.2) is 5.40 Å². The maximum absolute atomic E-state index is 11.4. The van der Waals surface area contributed by atoms with Crippen molar-refractivity contribution in [2.45, 2.75) is 17.7 Å². The smallest absolute Gasteiger partial charge is 0.324 e. The van der Waals surface area contributed by atoms with Crippen molar-refractivity contribution in [1.29, 1.82) is 5.26 Å². The van der Waals surface area contributed by atoms with Crippen molar-refractivity contribution < 1.29 is 28.7 Å². The summed E-state index contributed by atoms with van der Waals surface area (Å²) in [5, 5.41) is 8.84. The molecule has 0 amide bonds. The van der Waals surface area contributed by atoms with E-state index in [0.717, 1.165) is 10.8 Å². The molecule has 7 nitrogen and oxygen atoms in total. The Morgan fingerprint density at radius 1 is 0.957 bits per heavy atom. The van der Waals surface area contributed by atoms with E-state index in [4.69, 9.17) is 0 Å². The van der Waals surface area contributed by atoms with Gasteiger partial charge in [0.2, 0.25) is 0 Å². The Balaban J connectivity index is 2.40. The van der Waals surface area contributed by atoms with E-state index in [9.17, 15) is 34.0 Å². The summed E-state index contributed by atoms with van der Waals surface area (Å²) in [5.41, 5.74) is 0.457. The molecule has 0 aliphatic carbocycles. The molecule has 23 heavy (non-hydrogen) atoms. The first-order chi connectivity index (χ1) is 10.6. The Morgan fingerprint density at radius 2 is 1.52 bits per heavy atom. The van der Waals surface area contributed by atoms with Crippen molar-refractivity contribution in [3.05, 3.63) is 48.0 Å². The van der Waals surface area contributed by atoms with Gasteiger partial charge in [-0.05, 0) is 28.8 Å². The number of hydrogen-bond acceptors (Lipinski definition) is 3. The summed E-state index contributed by atoms with van der Waals surface area (Å²) in [6.45, 7) is 0. The van der Waals surface area contributed by atoms with E-state index in [-0.39, 0.29) is 0 Å². The molecule has 122 valence electrons. The zero-order chi connectivity index (χ0) is 17.3. The second-order valence-electron chi connectivity index (χ2n) is 5.18. The first-order valence-electron chi connectivity index (χ1n) is 6.61. The quantitative estimate of drug-likeness (QED) is 0.604. The molecule has 0 spiro atoms. The van der Waals surface area contributed by atoms with Crippen molar-refractivity contribution in [3.8, 4) is 6.07 Å². The molecule has 0 radical (unpaired) electrons. The third-order valence-electron chi connectivity index (χ3n) is 3.55. The highest BCUT2D eigenvalue weighted by Gasteiger charge is 2.44. The summed E-state index contributed by atoms with van der Waals surface area (Å²) in [6, 6.07) is 14.3. The van der Waals surface area contributed by atoms with Gasteiger partial charge < -0.3 is 19.6 Å². The minimum absolute atomic E-state index is 0.457. The van der Waals surface area contributed by atoms with E-state index in [1.165, 1.54) is 0 Å². The first kappa shape index (κ1) is 17.8. The van der Waals surface area contributed by atoms with Gasteiger partial charge in [0, 0.05) is 0 Å². The molecule has 1 atom stereocenters. The number of benzene rings is 2. The molecule has 0 saturated carbocycles. The summed E-state index contributed by atoms with van der Waals surface area (Å²) in [5.74, 6) is -1.04. The first-order valence-corrected chi connectivity index (χ1v) is 9.98. The highest BCUT2D eigenvalue weighted by molar-refractivity contribution is 7.70. The third-order valence-corrected chi connectivity index (χ3v) is 7.33. The fourth-order valence-corrected chi connectivity index (χ4v) is 4.91. The average molecular weight is 355 g/mol. The summed E-state index contributed by atoms with van der Waals surface area (Å²) in [6.07, 6.45) is -0.622. The minimum Gasteiger partial charge on any atom is -0.324 e. The van der Waals surface area contributed by atoms with Crippen molar-refractivity contribution in [2.75, 3.05) is 0 Å². The summed E-state index contributed by atoms with van der Waals surface area (Å²) >= 11 is 0. The fraction of sp³-hybridized carbons (Fsp3) is 0.214. The van der Waals surface area contributed by atoms with Gasteiger partial charge in [-0.15, -0.1) is 0 Å². The average Bonchev–Trinajstić information content (AvgIpc) is 2.45. The molecule has 0 aliphatic rings. The summed E-state index contributed by atoms with van der Waals surface area (Å²) < 4.78 is 22.7. The Hall–Kier alpha value is -1.51. The van der Waals surface area contributed by atoms with Crippen LogP contribution in [-0.2, 0) is 9.13 Å². The molecule has 4 N–H and O–H groups in total. The van der Waals surface area contributed by atoms with Gasteiger partial charge >= 0.3 is 15.2 Å². The van der Waals surface area contributed by atoms with Gasteiger partial charge in [-0.25, -0.2) is 0 Å². The highest BCUT2D eigenvalue weighted by Crippen LogP contribution is 2.62. The minimum atomic E-state index is -5.05. The largest absolute Gasteiger partial charge is 0.340 e. The van der Waals surface area contributed by atoms with Crippen LogP contribution in [0.4, 0.5) is 0 Å². The molecule has 0 fully saturated rings. The van der Waals surface area contributed by atoms with Crippen LogP contribution in [0.15, 0.2) is 42.5 Å². The molecule has 2 aromatic carbocycles. The van der Waals surface area contributed by atoms with Crippen molar-refractivity contribution in [2.24, 2.45) is 0 Å². The van der Waals surface area contributed by atoms with E-state index in [0.29, 0.717) is 5.56 Å². The fourth-order valence-electron chi connectivity index (χ4n) is 2.37. The molecule has 0 bridgehead atoms. The Morgan fingerprint density at radius 3 is 2.04 bits per heavy atom. The van der Waals surface area contributed by atoms with Gasteiger partial charge in [-0.1, -0.05) is 36.4 Å². The molecule has 2 aromatic rings. The van der Waals surface area contributed by atoms with Crippen LogP contribution in [-0.4, -0.2) is 25.0 Å². The van der Waals surface area contributed by atoms with Crippen molar-refractivity contribution in [1.82, 2.24) is 0 Å². The third kappa shape index (κ3) is 4.27. The van der Waals surface area contributed by atoms with E-state index >= 15 is 0 Å². The van der Waals surface area contributed by atoms with Gasteiger partial charge in [-0.3, -0.25) is 9.13 Å². The number of nitrogens with zero attached hydrogens (tertiary/aromatic N) is 1. The molecule has 1 unspecified atom stereocenters. The molecule has 2 rings (SSSR count). The molecule has 0 aliphatic heterocycles. The molecular weight excluding hydrogens is 340 g/mol. The lowest BCUT2D eigenvalue weighted by atomic mass is 9.95. The number of fused-ring (bicyclic) bond motifs is 1. The van der Waals surface area contributed by atoms with E-state index in [1.807, 2.05) is 30.3 Å². The predicted molar refractivity (Wildman–Crippen MR) is 84.8 cm³/mol. The van der Waals surface area contributed by atoms with Gasteiger partial charge in [0.25, 0.3) is 0 Å². The zero-order valence-corrected chi connectivity index (χ0v) is 13.6. The summed E-state index contributed by atoms with van der Waals surface area (Å²) in [4.78, 5) is 36.7. The van der Waals surface area contributed by atoms with E-state index < -0.39 is 32.9 Å². The Labute approximate surface area is 132 Å². The normalized spacial score (nSPS) is 13.9. The van der Waals surface area contributed by atoms with Gasteiger partial charge in [-0.2, -0.15) is 5.26 Å². The van der Waals surface area contributed by atoms with Crippen LogP contribution in [0.5, 0.6) is 0 Å². The predicted octanol–water partition coefficient (Wildman–Crippen LogP) is 2.52. The number of hydrogen-bond donors (Lipinski definition) is 4. The second-order valence-corrected chi connectivity index (χ2v) is 9.19. The van der Waals surface area contributed by atoms with Crippen LogP contribution in [0.25, 0.3) is 10.8 Å². The number of rotatable bonds is 5.